The Morgan fingerprint density at radius 1 is 1.60 bits per heavy atom. The van der Waals surface area contributed by atoms with Gasteiger partial charge in [-0.25, -0.2) is 0 Å². The number of benzene rings is 1. The molecule has 6 nitrogen and oxygen atoms in total. The summed E-state index contributed by atoms with van der Waals surface area (Å²) in [5, 5.41) is 10.9. The number of rotatable bonds is 4. The number of hydrogen-bond donors (Lipinski definition) is 0. The van der Waals surface area contributed by atoms with Crippen molar-refractivity contribution in [2.45, 2.75) is 18.9 Å². The first kappa shape index (κ1) is 14.9. The molecule has 0 saturated carbocycles. The smallest absolute Gasteiger partial charge is 0.284 e. The zero-order valence-corrected chi connectivity index (χ0v) is 12.6. The van der Waals surface area contributed by atoms with Crippen molar-refractivity contribution < 1.29 is 14.5 Å². The number of likely N-dealkylation sites (N-methyl/N-ethyl adjacent to an activating group) is 1. The Kier molecular flexibility index (Phi) is 4.72. The highest BCUT2D eigenvalue weighted by molar-refractivity contribution is 9.10. The van der Waals surface area contributed by atoms with Crippen molar-refractivity contribution in [1.82, 2.24) is 4.90 Å². The minimum absolute atomic E-state index is 0.0569. The van der Waals surface area contributed by atoms with Crippen LogP contribution < -0.4 is 0 Å². The van der Waals surface area contributed by atoms with Crippen molar-refractivity contribution in [3.8, 4) is 0 Å². The summed E-state index contributed by atoms with van der Waals surface area (Å²) in [7, 11) is 1.68. The molecule has 1 fully saturated rings. The van der Waals surface area contributed by atoms with E-state index in [1.807, 2.05) is 0 Å². The topological polar surface area (TPSA) is 72.7 Å². The van der Waals surface area contributed by atoms with Crippen molar-refractivity contribution >= 4 is 27.5 Å². The first-order valence-electron chi connectivity index (χ1n) is 6.30. The Labute approximate surface area is 125 Å². The molecule has 108 valence electrons. The van der Waals surface area contributed by atoms with Crippen LogP contribution in [0, 0.1) is 10.1 Å². The quantitative estimate of drug-likeness (QED) is 0.622. The van der Waals surface area contributed by atoms with Gasteiger partial charge in [0.05, 0.1) is 16.6 Å². The molecule has 0 N–H and O–H groups in total. The molecule has 1 aliphatic rings. The van der Waals surface area contributed by atoms with Crippen LogP contribution in [0.4, 0.5) is 5.69 Å². The number of carbonyl (C=O) groups excluding carboxylic acids is 1. The Balaban J connectivity index is 2.15. The van der Waals surface area contributed by atoms with Crippen molar-refractivity contribution in [3.63, 3.8) is 0 Å². The number of nitro benzene ring substituents is 1. The second-order valence-electron chi connectivity index (χ2n) is 4.72. The van der Waals surface area contributed by atoms with Crippen LogP contribution in [-0.2, 0) is 4.74 Å². The van der Waals surface area contributed by atoms with Crippen LogP contribution in [0.5, 0.6) is 0 Å². The third kappa shape index (κ3) is 3.16. The van der Waals surface area contributed by atoms with Gasteiger partial charge in [-0.05, 0) is 34.8 Å². The number of amides is 1. The highest BCUT2D eigenvalue weighted by Gasteiger charge is 2.24. The number of nitro groups is 1. The van der Waals surface area contributed by atoms with Crippen LogP contribution in [0.3, 0.4) is 0 Å². The monoisotopic (exact) mass is 342 g/mol. The summed E-state index contributed by atoms with van der Waals surface area (Å²) in [6.45, 7) is 1.22. The second kappa shape index (κ2) is 6.32. The molecule has 1 amide bonds. The SMILES string of the molecule is CN(CC1CCCO1)C(=O)c1cccc([N+](=O)[O-])c1Br. The number of hydrogen-bond acceptors (Lipinski definition) is 4. The van der Waals surface area contributed by atoms with Crippen molar-refractivity contribution in [1.29, 1.82) is 0 Å². The van der Waals surface area contributed by atoms with Gasteiger partial charge in [-0.2, -0.15) is 0 Å². The molecule has 1 atom stereocenters. The summed E-state index contributed by atoms with van der Waals surface area (Å²) in [4.78, 5) is 24.3. The van der Waals surface area contributed by atoms with E-state index in [9.17, 15) is 14.9 Å². The highest BCUT2D eigenvalue weighted by Crippen LogP contribution is 2.29. The van der Waals surface area contributed by atoms with Crippen LogP contribution in [0.2, 0.25) is 0 Å². The van der Waals surface area contributed by atoms with Gasteiger partial charge in [0.1, 0.15) is 4.47 Å². The summed E-state index contributed by atoms with van der Waals surface area (Å²) in [5.41, 5.74) is 0.182. The van der Waals surface area contributed by atoms with Crippen LogP contribution in [0.25, 0.3) is 0 Å². The van der Waals surface area contributed by atoms with E-state index in [4.69, 9.17) is 4.74 Å². The molecule has 20 heavy (non-hydrogen) atoms. The maximum absolute atomic E-state index is 12.3. The third-order valence-corrected chi connectivity index (χ3v) is 4.09. The van der Waals surface area contributed by atoms with Crippen LogP contribution >= 0.6 is 15.9 Å². The third-order valence-electron chi connectivity index (χ3n) is 3.25. The number of carbonyl (C=O) groups is 1. The fourth-order valence-corrected chi connectivity index (χ4v) is 2.79. The molecule has 1 aromatic carbocycles. The number of halogens is 1. The van der Waals surface area contributed by atoms with E-state index < -0.39 is 4.92 Å². The lowest BCUT2D eigenvalue weighted by molar-refractivity contribution is -0.385. The molecule has 0 aliphatic carbocycles. The fraction of sp³-hybridized carbons (Fsp3) is 0.462. The van der Waals surface area contributed by atoms with E-state index in [0.29, 0.717) is 12.1 Å². The van der Waals surface area contributed by atoms with Crippen molar-refractivity contribution in [2.24, 2.45) is 0 Å². The Bertz CT molecular complexity index is 529. The van der Waals surface area contributed by atoms with E-state index in [1.165, 1.54) is 12.1 Å². The molecule has 0 aromatic heterocycles. The minimum Gasteiger partial charge on any atom is -0.376 e. The summed E-state index contributed by atoms with van der Waals surface area (Å²) in [6.07, 6.45) is 2.00. The summed E-state index contributed by atoms with van der Waals surface area (Å²) >= 11 is 3.14. The van der Waals surface area contributed by atoms with Gasteiger partial charge in [0.2, 0.25) is 0 Å². The van der Waals surface area contributed by atoms with E-state index in [1.54, 1.807) is 18.0 Å². The zero-order valence-electron chi connectivity index (χ0n) is 11.0. The van der Waals surface area contributed by atoms with Gasteiger partial charge >= 0.3 is 0 Å². The Morgan fingerprint density at radius 3 is 2.95 bits per heavy atom. The van der Waals surface area contributed by atoms with Crippen LogP contribution in [-0.4, -0.2) is 42.0 Å². The zero-order chi connectivity index (χ0) is 14.7. The number of nitrogens with zero attached hydrogens (tertiary/aromatic N) is 2. The molecule has 0 radical (unpaired) electrons. The lowest BCUT2D eigenvalue weighted by Crippen LogP contribution is -2.34. The van der Waals surface area contributed by atoms with Crippen molar-refractivity contribution in [3.05, 3.63) is 38.3 Å². The molecule has 0 bridgehead atoms. The largest absolute Gasteiger partial charge is 0.376 e. The van der Waals surface area contributed by atoms with E-state index in [-0.39, 0.29) is 22.2 Å². The predicted molar refractivity (Wildman–Crippen MR) is 76.7 cm³/mol. The maximum Gasteiger partial charge on any atom is 0.284 e. The summed E-state index contributed by atoms with van der Waals surface area (Å²) in [5.74, 6) is -0.254. The molecule has 2 rings (SSSR count). The van der Waals surface area contributed by atoms with Gasteiger partial charge in [0, 0.05) is 26.3 Å². The molecule has 1 unspecified atom stereocenters. The Hall–Kier alpha value is -1.47. The molecule has 1 aliphatic heterocycles. The van der Waals surface area contributed by atoms with E-state index in [2.05, 4.69) is 15.9 Å². The fourth-order valence-electron chi connectivity index (χ4n) is 2.21. The van der Waals surface area contributed by atoms with Crippen LogP contribution in [0.15, 0.2) is 22.7 Å². The van der Waals surface area contributed by atoms with Crippen molar-refractivity contribution in [2.75, 3.05) is 20.2 Å². The highest BCUT2D eigenvalue weighted by atomic mass is 79.9. The average molecular weight is 343 g/mol. The molecule has 1 saturated heterocycles. The Morgan fingerprint density at radius 2 is 2.35 bits per heavy atom. The molecular weight excluding hydrogens is 328 g/mol. The second-order valence-corrected chi connectivity index (χ2v) is 5.51. The molecule has 1 aromatic rings. The standard InChI is InChI=1S/C13H15BrN2O4/c1-15(8-9-4-3-7-20-9)13(17)10-5-2-6-11(12(10)14)16(18)19/h2,5-6,9H,3-4,7-8H2,1H3. The lowest BCUT2D eigenvalue weighted by atomic mass is 10.1. The van der Waals surface area contributed by atoms with Gasteiger partial charge in [-0.3, -0.25) is 14.9 Å². The van der Waals surface area contributed by atoms with Gasteiger partial charge in [0.25, 0.3) is 11.6 Å². The first-order chi connectivity index (χ1) is 9.50. The number of ether oxygens (including phenoxy) is 1. The molecule has 1 heterocycles. The first-order valence-corrected chi connectivity index (χ1v) is 7.10. The molecule has 0 spiro atoms. The summed E-state index contributed by atoms with van der Waals surface area (Å²) in [6, 6.07) is 4.45. The van der Waals surface area contributed by atoms with Gasteiger partial charge < -0.3 is 9.64 Å². The van der Waals surface area contributed by atoms with Gasteiger partial charge in [-0.15, -0.1) is 0 Å². The minimum atomic E-state index is -0.513. The van der Waals surface area contributed by atoms with E-state index in [0.717, 1.165) is 19.4 Å². The van der Waals surface area contributed by atoms with Gasteiger partial charge in [0.15, 0.2) is 0 Å². The maximum atomic E-state index is 12.3. The lowest BCUT2D eigenvalue weighted by Gasteiger charge is -2.21. The predicted octanol–water partition coefficient (Wildman–Crippen LogP) is 2.61. The molecular formula is C13H15BrN2O4. The van der Waals surface area contributed by atoms with E-state index >= 15 is 0 Å². The molecule has 7 heteroatoms. The van der Waals surface area contributed by atoms with Gasteiger partial charge in [-0.1, -0.05) is 6.07 Å². The average Bonchev–Trinajstić information content (AvgIpc) is 2.90. The normalized spacial score (nSPS) is 18.0. The van der Waals surface area contributed by atoms with Crippen LogP contribution in [0.1, 0.15) is 23.2 Å². The summed E-state index contributed by atoms with van der Waals surface area (Å²) < 4.78 is 5.70.